The second kappa shape index (κ2) is 22.4. The highest BCUT2D eigenvalue weighted by molar-refractivity contribution is 6.06. The molecule has 1 aliphatic heterocycles. The van der Waals surface area contributed by atoms with Crippen LogP contribution in [0.25, 0.3) is 33.1 Å². The van der Waals surface area contributed by atoms with Crippen LogP contribution in [0.5, 0.6) is 0 Å². The number of rotatable bonds is 24. The number of imidazole rings is 1. The molecule has 5 heterocycles. The van der Waals surface area contributed by atoms with Crippen molar-refractivity contribution >= 4 is 74.2 Å². The van der Waals surface area contributed by atoms with Crippen molar-refractivity contribution in [2.75, 3.05) is 49.7 Å². The Labute approximate surface area is 417 Å². The van der Waals surface area contributed by atoms with Crippen molar-refractivity contribution in [2.24, 2.45) is 16.7 Å². The van der Waals surface area contributed by atoms with E-state index >= 15 is 0 Å². The monoisotopic (exact) mass is 990 g/mol. The first-order chi connectivity index (χ1) is 34.2. The number of nitrogen functional groups attached to an aromatic ring is 2. The lowest BCUT2D eigenvalue weighted by Gasteiger charge is -2.41. The van der Waals surface area contributed by atoms with Gasteiger partial charge in [-0.1, -0.05) is 52.3 Å². The van der Waals surface area contributed by atoms with Gasteiger partial charge < -0.3 is 51.9 Å². The molecule has 0 spiro atoms. The Morgan fingerprint density at radius 2 is 1.68 bits per heavy atom. The third kappa shape index (κ3) is 13.2. The number of aromatic nitrogens is 7. The summed E-state index contributed by atoms with van der Waals surface area (Å²) in [7, 11) is 0. The number of aliphatic carboxylic acids is 1. The van der Waals surface area contributed by atoms with Crippen molar-refractivity contribution in [1.29, 1.82) is 0 Å². The minimum Gasteiger partial charge on any atom is -0.480 e. The van der Waals surface area contributed by atoms with Crippen LogP contribution in [0.3, 0.4) is 0 Å². The third-order valence-corrected chi connectivity index (χ3v) is 13.4. The number of aromatic amines is 1. The lowest BCUT2D eigenvalue weighted by Crippen LogP contribution is -2.42. The number of carbonyl (C=O) groups is 4. The molecular formula is C51H67N13O8. The van der Waals surface area contributed by atoms with E-state index in [1.807, 2.05) is 45.9 Å². The third-order valence-electron chi connectivity index (χ3n) is 13.4. The lowest BCUT2D eigenvalue weighted by atomic mass is 9.72. The van der Waals surface area contributed by atoms with E-state index in [4.69, 9.17) is 25.9 Å². The summed E-state index contributed by atoms with van der Waals surface area (Å²) in [6.07, 6.45) is 4.43. The molecule has 0 saturated heterocycles. The van der Waals surface area contributed by atoms with Crippen molar-refractivity contribution < 1.29 is 33.8 Å². The highest BCUT2D eigenvalue weighted by Gasteiger charge is 2.40. The lowest BCUT2D eigenvalue weighted by molar-refractivity contribution is -0.139. The first kappa shape index (κ1) is 52.6. The molecule has 6 aromatic rings. The summed E-state index contributed by atoms with van der Waals surface area (Å²) in [5.74, 6) is -0.518. The Bertz CT molecular complexity index is 2990. The van der Waals surface area contributed by atoms with Crippen LogP contribution in [0.1, 0.15) is 102 Å². The quantitative estimate of drug-likeness (QED) is 0.0375. The van der Waals surface area contributed by atoms with Crippen LogP contribution in [0.4, 0.5) is 17.5 Å². The number of hydrogen-bond donors (Lipinski definition) is 8. The van der Waals surface area contributed by atoms with Gasteiger partial charge in [-0.25, -0.2) is 24.7 Å². The smallest absolute Gasteiger partial charge is 0.326 e. The van der Waals surface area contributed by atoms with Crippen LogP contribution >= 0.6 is 0 Å². The number of hydrogen-bond acceptors (Lipinski definition) is 15. The molecule has 384 valence electrons. The molecule has 21 nitrogen and oxygen atoms in total. The summed E-state index contributed by atoms with van der Waals surface area (Å²) in [5, 5.41) is 22.3. The fourth-order valence-electron chi connectivity index (χ4n) is 8.99. The highest BCUT2D eigenvalue weighted by Crippen LogP contribution is 2.42. The number of fused-ring (bicyclic) bond motifs is 6. The summed E-state index contributed by atoms with van der Waals surface area (Å²) < 4.78 is 14.8. The second-order valence-corrected chi connectivity index (χ2v) is 20.3. The molecule has 0 fully saturated rings. The van der Waals surface area contributed by atoms with Crippen molar-refractivity contribution in [2.45, 2.75) is 111 Å². The number of nitrogens with zero attached hydrogens (tertiary/aromatic N) is 6. The molecule has 0 bridgehead atoms. The Morgan fingerprint density at radius 1 is 0.944 bits per heavy atom. The zero-order chi connectivity index (χ0) is 51.8. The minimum atomic E-state index is -1.29. The van der Waals surface area contributed by atoms with Crippen molar-refractivity contribution in [3.8, 4) is 0 Å². The van der Waals surface area contributed by atoms with Crippen molar-refractivity contribution in [1.82, 2.24) is 50.4 Å². The van der Waals surface area contributed by atoms with Gasteiger partial charge in [0.15, 0.2) is 17.0 Å². The van der Waals surface area contributed by atoms with Crippen LogP contribution in [0, 0.1) is 16.7 Å². The molecule has 2 aromatic carbocycles. The molecule has 0 radical (unpaired) electrons. The summed E-state index contributed by atoms with van der Waals surface area (Å²) in [6, 6.07) is 13.1. The largest absolute Gasteiger partial charge is 0.480 e. The summed E-state index contributed by atoms with van der Waals surface area (Å²) in [5.41, 5.74) is 14.5. The van der Waals surface area contributed by atoms with Gasteiger partial charge in [-0.3, -0.25) is 24.2 Å². The maximum absolute atomic E-state index is 13.0. The van der Waals surface area contributed by atoms with Gasteiger partial charge >= 0.3 is 5.97 Å². The van der Waals surface area contributed by atoms with E-state index in [1.54, 1.807) is 12.1 Å². The number of carboxylic acid groups (broad SMARTS) is 1. The van der Waals surface area contributed by atoms with E-state index in [2.05, 4.69) is 70.7 Å². The zero-order valence-corrected chi connectivity index (χ0v) is 41.9. The van der Waals surface area contributed by atoms with Crippen LogP contribution in [-0.2, 0) is 43.4 Å². The first-order valence-electron chi connectivity index (χ1n) is 24.4. The number of anilines is 3. The van der Waals surface area contributed by atoms with E-state index in [-0.39, 0.29) is 71.1 Å². The first-order valence-corrected chi connectivity index (χ1v) is 24.4. The molecule has 3 unspecified atom stereocenters. The van der Waals surface area contributed by atoms with Gasteiger partial charge in [-0.05, 0) is 74.8 Å². The number of pyridine rings is 1. The fourth-order valence-corrected chi connectivity index (χ4v) is 8.99. The van der Waals surface area contributed by atoms with Gasteiger partial charge in [0.2, 0.25) is 17.8 Å². The van der Waals surface area contributed by atoms with Crippen LogP contribution in [-0.4, -0.2) is 108 Å². The molecule has 10 N–H and O–H groups in total. The molecular weight excluding hydrogens is 923 g/mol. The van der Waals surface area contributed by atoms with Crippen molar-refractivity contribution in [3.05, 3.63) is 82.2 Å². The molecule has 72 heavy (non-hydrogen) atoms. The summed E-state index contributed by atoms with van der Waals surface area (Å²) >= 11 is 0. The number of carboxylic acids is 1. The van der Waals surface area contributed by atoms with Gasteiger partial charge in [0.05, 0.1) is 54.9 Å². The van der Waals surface area contributed by atoms with Gasteiger partial charge in [-0.15, -0.1) is 0 Å². The van der Waals surface area contributed by atoms with Crippen molar-refractivity contribution in [3.63, 3.8) is 0 Å². The Kier molecular flexibility index (Phi) is 16.4. The molecule has 7 rings (SSSR count). The van der Waals surface area contributed by atoms with Gasteiger partial charge in [0.1, 0.15) is 17.4 Å². The molecule has 0 aliphatic carbocycles. The normalized spacial score (nSPS) is 16.3. The van der Waals surface area contributed by atoms with Gasteiger partial charge in [0, 0.05) is 60.9 Å². The standard InChI is InChI=1S/C51H67N13O8/c1-7-31-24-37-61-40-42(34-10-8-9-11-35(34)59-43(40)52)64(37)27-51(31,6)29-71-23-22-55-39(66)18-19-50(4,5)72-28-49(2,3)20-21-54-38(65)17-16-36(47(69)70)60-45(67)30-12-14-32(15-13-30)56-25-33-26-57-44-41(58-33)46(68)63-48(53)62-44/h8-15,26,31,36,56H,7,16-25,27-29H2,1-6H3,(H2,52,59)(H,54,65)(H,55,66)(H,60,67)(H,69,70)(H3,53,57,62,63,68). The zero-order valence-electron chi connectivity index (χ0n) is 41.9. The molecule has 1 aliphatic rings. The number of H-pyrrole nitrogens is 1. The molecule has 4 aromatic heterocycles. The Morgan fingerprint density at radius 3 is 2.43 bits per heavy atom. The van der Waals surface area contributed by atoms with Crippen LogP contribution < -0.4 is 38.3 Å². The number of carbonyl (C=O) groups excluding carboxylic acids is 3. The molecule has 21 heteroatoms. The van der Waals surface area contributed by atoms with E-state index in [9.17, 15) is 29.1 Å². The number of nitrogens with one attached hydrogen (secondary N) is 5. The number of ether oxygens (including phenoxy) is 2. The predicted molar refractivity (Wildman–Crippen MR) is 274 cm³/mol. The SMILES string of the molecule is CCC1Cc2nc3c(N)nc4ccccc4c3n2CC1(C)COCCNC(=O)CCC(C)(C)OCC(C)(C)CCNC(=O)CCC(NC(=O)c1ccc(NCc2cnc3nc(N)[nH]c(=O)c3n2)cc1)C(=O)O. The Balaban J connectivity index is 0.764. The topological polar surface area (TPSA) is 309 Å². The number of amides is 3. The Hall–Kier alpha value is -7.26. The molecule has 3 amide bonds. The fraction of sp³-hybridized carbons (Fsp3) is 0.490. The van der Waals surface area contributed by atoms with E-state index in [0.29, 0.717) is 68.9 Å². The average molecular weight is 990 g/mol. The molecule has 0 saturated carbocycles. The van der Waals surface area contributed by atoms with E-state index in [1.165, 1.54) is 18.3 Å². The van der Waals surface area contributed by atoms with Crippen LogP contribution in [0.15, 0.2) is 59.5 Å². The number of para-hydroxylation sites is 1. The van der Waals surface area contributed by atoms with E-state index < -0.39 is 29.1 Å². The van der Waals surface area contributed by atoms with Gasteiger partial charge in [-0.2, -0.15) is 4.98 Å². The van der Waals surface area contributed by atoms with Gasteiger partial charge in [0.25, 0.3) is 11.5 Å². The average Bonchev–Trinajstić information content (AvgIpc) is 3.71. The maximum atomic E-state index is 13.0. The number of benzene rings is 2. The summed E-state index contributed by atoms with van der Waals surface area (Å²) in [4.78, 5) is 87.2. The number of nitrogens with two attached hydrogens (primary N) is 2. The maximum Gasteiger partial charge on any atom is 0.326 e. The van der Waals surface area contributed by atoms with E-state index in [0.717, 1.165) is 47.1 Å². The highest BCUT2D eigenvalue weighted by atomic mass is 16.5. The molecule has 3 atom stereocenters. The minimum absolute atomic E-state index is 0.0525. The summed E-state index contributed by atoms with van der Waals surface area (Å²) in [6.45, 7) is 15.4. The van der Waals surface area contributed by atoms with Crippen LogP contribution in [0.2, 0.25) is 0 Å². The predicted octanol–water partition coefficient (Wildman–Crippen LogP) is 4.88. The second-order valence-electron chi connectivity index (χ2n) is 20.3.